The summed E-state index contributed by atoms with van der Waals surface area (Å²) in [6.45, 7) is 6.25. The van der Waals surface area contributed by atoms with Gasteiger partial charge in [0, 0.05) is 0 Å². The molecule has 2 rings (SSSR count). The largest absolute Gasteiger partial charge is 0.394 e. The van der Waals surface area contributed by atoms with E-state index < -0.39 is 0 Å². The van der Waals surface area contributed by atoms with Crippen LogP contribution in [0.2, 0.25) is 0 Å². The van der Waals surface area contributed by atoms with Gasteiger partial charge in [-0.2, -0.15) is 0 Å². The summed E-state index contributed by atoms with van der Waals surface area (Å²) in [5.74, 6) is 0. The SMILES string of the molecule is C=C1C[C@H](C/C=C/I)O[C@H](/C=C(\C)[C@H]2O[C@@H]2CO)C1. The van der Waals surface area contributed by atoms with E-state index >= 15 is 0 Å². The lowest BCUT2D eigenvalue weighted by Gasteiger charge is -2.29. The minimum Gasteiger partial charge on any atom is -0.394 e. The normalized spacial score (nSPS) is 35.9. The van der Waals surface area contributed by atoms with Gasteiger partial charge >= 0.3 is 0 Å². The topological polar surface area (TPSA) is 42.0 Å². The van der Waals surface area contributed by atoms with Crippen molar-refractivity contribution in [2.45, 2.75) is 50.6 Å². The van der Waals surface area contributed by atoms with Crippen LogP contribution in [0.1, 0.15) is 26.2 Å². The van der Waals surface area contributed by atoms with E-state index in [9.17, 15) is 0 Å². The highest BCUT2D eigenvalue weighted by molar-refractivity contribution is 14.1. The molecule has 0 saturated carbocycles. The molecule has 0 amide bonds. The van der Waals surface area contributed by atoms with Gasteiger partial charge in [0.2, 0.25) is 0 Å². The monoisotopic (exact) mass is 376 g/mol. The zero-order valence-corrected chi connectivity index (χ0v) is 13.4. The van der Waals surface area contributed by atoms with E-state index in [1.54, 1.807) is 0 Å². The summed E-state index contributed by atoms with van der Waals surface area (Å²) in [6.07, 6.45) is 7.42. The maximum Gasteiger partial charge on any atom is 0.111 e. The fourth-order valence-electron chi connectivity index (χ4n) is 2.54. The third-order valence-electron chi connectivity index (χ3n) is 3.52. The van der Waals surface area contributed by atoms with Gasteiger partial charge in [-0.1, -0.05) is 46.9 Å². The van der Waals surface area contributed by atoms with Gasteiger partial charge in [-0.25, -0.2) is 0 Å². The highest BCUT2D eigenvalue weighted by Gasteiger charge is 2.39. The van der Waals surface area contributed by atoms with Crippen LogP contribution in [0.5, 0.6) is 0 Å². The van der Waals surface area contributed by atoms with Crippen molar-refractivity contribution in [2.75, 3.05) is 6.61 Å². The highest BCUT2D eigenvalue weighted by atomic mass is 127. The van der Waals surface area contributed by atoms with Gasteiger partial charge in [0.15, 0.2) is 0 Å². The number of halogens is 1. The van der Waals surface area contributed by atoms with Crippen molar-refractivity contribution >= 4 is 22.6 Å². The van der Waals surface area contributed by atoms with E-state index in [0.717, 1.165) is 24.8 Å². The Bertz CT molecular complexity index is 389. The molecular formula is C15H21IO3. The number of ether oxygens (including phenoxy) is 2. The van der Waals surface area contributed by atoms with Gasteiger partial charge in [0.05, 0.1) is 18.8 Å². The van der Waals surface area contributed by atoms with Crippen LogP contribution in [-0.4, -0.2) is 36.1 Å². The molecule has 0 aliphatic carbocycles. The predicted octanol–water partition coefficient (Wildman–Crippen LogP) is 3.14. The quantitative estimate of drug-likeness (QED) is 0.456. The summed E-state index contributed by atoms with van der Waals surface area (Å²) >= 11 is 2.23. The fourth-order valence-corrected chi connectivity index (χ4v) is 2.84. The van der Waals surface area contributed by atoms with E-state index in [0.29, 0.717) is 0 Å². The highest BCUT2D eigenvalue weighted by Crippen LogP contribution is 2.31. The molecule has 2 aliphatic rings. The predicted molar refractivity (Wildman–Crippen MR) is 84.3 cm³/mol. The number of hydrogen-bond donors (Lipinski definition) is 1. The molecule has 3 nitrogen and oxygen atoms in total. The maximum absolute atomic E-state index is 9.01. The lowest BCUT2D eigenvalue weighted by molar-refractivity contribution is -0.00401. The number of rotatable bonds is 5. The van der Waals surface area contributed by atoms with Gasteiger partial charge in [-0.3, -0.25) is 0 Å². The Kier molecular flexibility index (Phi) is 5.62. The van der Waals surface area contributed by atoms with Crippen LogP contribution < -0.4 is 0 Å². The molecule has 0 aromatic rings. The van der Waals surface area contributed by atoms with E-state index in [1.165, 1.54) is 5.57 Å². The van der Waals surface area contributed by atoms with Crippen LogP contribution in [0.3, 0.4) is 0 Å². The molecule has 2 fully saturated rings. The first kappa shape index (κ1) is 15.2. The second-order valence-corrected chi connectivity index (χ2v) is 5.96. The molecule has 1 N–H and O–H groups in total. The van der Waals surface area contributed by atoms with Gasteiger partial charge in [0.1, 0.15) is 12.2 Å². The standard InChI is InChI=1S/C15H21IO3/c1-10-6-12(4-3-5-16)18-13(7-10)8-11(2)15-14(9-17)19-15/h3,5,8,12-15,17H,1,4,6-7,9H2,2H3/b5-3+,11-8+/t12-,13-,14+,15+/m0/s1. The summed E-state index contributed by atoms with van der Waals surface area (Å²) in [4.78, 5) is 0. The third-order valence-corrected chi connectivity index (χ3v) is 4.03. The Morgan fingerprint density at radius 1 is 1.47 bits per heavy atom. The summed E-state index contributed by atoms with van der Waals surface area (Å²) < 4.78 is 13.5. The van der Waals surface area contributed by atoms with Crippen molar-refractivity contribution in [3.63, 3.8) is 0 Å². The molecule has 0 bridgehead atoms. The van der Waals surface area contributed by atoms with Crippen molar-refractivity contribution < 1.29 is 14.6 Å². The molecule has 0 aromatic heterocycles. The molecule has 2 saturated heterocycles. The number of hydrogen-bond acceptors (Lipinski definition) is 3. The molecule has 0 radical (unpaired) electrons. The smallest absolute Gasteiger partial charge is 0.111 e. The Labute approximate surface area is 128 Å². The summed E-state index contributed by atoms with van der Waals surface area (Å²) in [7, 11) is 0. The summed E-state index contributed by atoms with van der Waals surface area (Å²) in [5.41, 5.74) is 2.41. The Hall–Kier alpha value is -0.170. The van der Waals surface area contributed by atoms with Crippen LogP contribution in [0.4, 0.5) is 0 Å². The number of aliphatic hydroxyl groups excluding tert-OH is 1. The summed E-state index contributed by atoms with van der Waals surface area (Å²) in [5, 5.41) is 9.01. The van der Waals surface area contributed by atoms with Gasteiger partial charge in [-0.15, -0.1) is 0 Å². The molecule has 4 heteroatoms. The van der Waals surface area contributed by atoms with Crippen molar-refractivity contribution in [1.82, 2.24) is 0 Å². The van der Waals surface area contributed by atoms with Crippen LogP contribution in [0.15, 0.2) is 34.0 Å². The first-order chi connectivity index (χ1) is 9.13. The molecule has 19 heavy (non-hydrogen) atoms. The van der Waals surface area contributed by atoms with Crippen LogP contribution in [0, 0.1) is 0 Å². The molecule has 0 spiro atoms. The van der Waals surface area contributed by atoms with Gasteiger partial charge < -0.3 is 14.6 Å². The molecular weight excluding hydrogens is 355 g/mol. The van der Waals surface area contributed by atoms with Gasteiger partial charge in [-0.05, 0) is 35.8 Å². The average Bonchev–Trinajstić information content (AvgIpc) is 3.15. The second-order valence-electron chi connectivity index (χ2n) is 5.24. The first-order valence-electron chi connectivity index (χ1n) is 6.66. The first-order valence-corrected chi connectivity index (χ1v) is 7.90. The van der Waals surface area contributed by atoms with Crippen LogP contribution in [-0.2, 0) is 9.47 Å². The van der Waals surface area contributed by atoms with Crippen molar-refractivity contribution in [1.29, 1.82) is 0 Å². The van der Waals surface area contributed by atoms with Crippen LogP contribution in [0.25, 0.3) is 0 Å². The molecule has 106 valence electrons. The van der Waals surface area contributed by atoms with E-state index in [-0.39, 0.29) is 31.0 Å². The molecule has 4 atom stereocenters. The van der Waals surface area contributed by atoms with Crippen molar-refractivity contribution in [3.05, 3.63) is 34.0 Å². The summed E-state index contributed by atoms with van der Waals surface area (Å²) in [6, 6.07) is 0. The third kappa shape index (κ3) is 4.41. The molecule has 2 aliphatic heterocycles. The number of aliphatic hydroxyl groups is 1. The second kappa shape index (κ2) is 7.02. The van der Waals surface area contributed by atoms with E-state index in [2.05, 4.69) is 41.3 Å². The van der Waals surface area contributed by atoms with E-state index in [4.69, 9.17) is 14.6 Å². The molecule has 0 aromatic carbocycles. The maximum atomic E-state index is 9.01. The average molecular weight is 376 g/mol. The van der Waals surface area contributed by atoms with Gasteiger partial charge in [0.25, 0.3) is 0 Å². The Balaban J connectivity index is 1.92. The van der Waals surface area contributed by atoms with Crippen molar-refractivity contribution in [2.24, 2.45) is 0 Å². The molecule has 0 unspecified atom stereocenters. The lowest BCUT2D eigenvalue weighted by atomic mass is 9.96. The van der Waals surface area contributed by atoms with E-state index in [1.807, 2.05) is 11.0 Å². The van der Waals surface area contributed by atoms with Crippen molar-refractivity contribution in [3.8, 4) is 0 Å². The van der Waals surface area contributed by atoms with Crippen LogP contribution >= 0.6 is 22.6 Å². The Morgan fingerprint density at radius 3 is 2.89 bits per heavy atom. The Morgan fingerprint density at radius 2 is 2.26 bits per heavy atom. The lowest BCUT2D eigenvalue weighted by Crippen LogP contribution is -2.27. The minimum atomic E-state index is -0.0132. The fraction of sp³-hybridized carbons (Fsp3) is 0.600. The zero-order valence-electron chi connectivity index (χ0n) is 11.2. The number of epoxide rings is 1. The minimum absolute atomic E-state index is 0.0132. The zero-order chi connectivity index (χ0) is 13.8. The molecule has 2 heterocycles.